The number of nitrogens with zero attached hydrogens (tertiary/aromatic N) is 1. The first-order valence-corrected chi connectivity index (χ1v) is 8.96. The van der Waals surface area contributed by atoms with E-state index in [0.29, 0.717) is 16.6 Å². The number of halogens is 1. The number of aromatic nitrogens is 1. The Morgan fingerprint density at radius 2 is 1.88 bits per heavy atom. The number of amides is 2. The fourth-order valence-electron chi connectivity index (χ4n) is 2.29. The van der Waals surface area contributed by atoms with Crippen molar-refractivity contribution in [3.8, 4) is 0 Å². The van der Waals surface area contributed by atoms with Crippen LogP contribution in [0.15, 0.2) is 48.5 Å². The first-order chi connectivity index (χ1) is 12.1. The fourth-order valence-corrected chi connectivity index (χ4v) is 3.45. The lowest BCUT2D eigenvalue weighted by Gasteiger charge is -2.05. The van der Waals surface area contributed by atoms with Crippen LogP contribution in [0.4, 0.5) is 5.13 Å². The molecular formula is C18H16ClN3O2S. The monoisotopic (exact) mass is 373 g/mol. The Morgan fingerprint density at radius 3 is 2.68 bits per heavy atom. The van der Waals surface area contributed by atoms with Crippen molar-refractivity contribution in [2.45, 2.75) is 12.8 Å². The topological polar surface area (TPSA) is 71.1 Å². The second kappa shape index (κ2) is 8.09. The highest BCUT2D eigenvalue weighted by Gasteiger charge is 2.09. The van der Waals surface area contributed by atoms with E-state index < -0.39 is 0 Å². The van der Waals surface area contributed by atoms with E-state index in [-0.39, 0.29) is 24.8 Å². The predicted octanol–water partition coefficient (Wildman–Crippen LogP) is 3.64. The summed E-state index contributed by atoms with van der Waals surface area (Å²) in [6, 6.07) is 14.9. The maximum atomic E-state index is 12.0. The molecular weight excluding hydrogens is 358 g/mol. The van der Waals surface area contributed by atoms with Crippen molar-refractivity contribution in [3.63, 3.8) is 0 Å². The Bertz CT molecular complexity index is 896. The first-order valence-electron chi connectivity index (χ1n) is 7.77. The van der Waals surface area contributed by atoms with Gasteiger partial charge >= 0.3 is 0 Å². The highest BCUT2D eigenvalue weighted by Crippen LogP contribution is 2.28. The van der Waals surface area contributed by atoms with E-state index in [1.54, 1.807) is 6.07 Å². The van der Waals surface area contributed by atoms with Crippen molar-refractivity contribution in [1.82, 2.24) is 10.3 Å². The minimum atomic E-state index is -0.190. The Labute approximate surface area is 154 Å². The van der Waals surface area contributed by atoms with Gasteiger partial charge in [0.15, 0.2) is 5.13 Å². The number of nitrogens with one attached hydrogen (secondary N) is 2. The molecule has 128 valence electrons. The molecule has 1 aromatic heterocycles. The van der Waals surface area contributed by atoms with Gasteiger partial charge in [-0.2, -0.15) is 0 Å². The number of rotatable bonds is 6. The molecule has 0 unspecified atom stereocenters. The number of hydrogen-bond acceptors (Lipinski definition) is 4. The largest absolute Gasteiger partial charge is 0.355 e. The first kappa shape index (κ1) is 17.4. The smallest absolute Gasteiger partial charge is 0.227 e. The molecule has 0 aliphatic carbocycles. The summed E-state index contributed by atoms with van der Waals surface area (Å²) in [6.07, 6.45) is 0.498. The van der Waals surface area contributed by atoms with Gasteiger partial charge in [-0.3, -0.25) is 9.59 Å². The van der Waals surface area contributed by atoms with Gasteiger partial charge in [0.05, 0.1) is 16.6 Å². The van der Waals surface area contributed by atoms with E-state index in [4.69, 9.17) is 11.6 Å². The van der Waals surface area contributed by atoms with E-state index in [1.165, 1.54) is 11.3 Å². The SMILES string of the molecule is O=C(Cc1ccccc1)NCCC(=O)Nc1nc2ccc(Cl)cc2s1. The van der Waals surface area contributed by atoms with Crippen LogP contribution in [0.3, 0.4) is 0 Å². The molecule has 0 aliphatic heterocycles. The van der Waals surface area contributed by atoms with E-state index in [2.05, 4.69) is 15.6 Å². The number of carbonyl (C=O) groups excluding carboxylic acids is 2. The maximum Gasteiger partial charge on any atom is 0.227 e. The Balaban J connectivity index is 1.45. The van der Waals surface area contributed by atoms with Crippen molar-refractivity contribution in [2.24, 2.45) is 0 Å². The molecule has 3 aromatic rings. The zero-order valence-electron chi connectivity index (χ0n) is 13.3. The van der Waals surface area contributed by atoms with Gasteiger partial charge in [-0.05, 0) is 23.8 Å². The van der Waals surface area contributed by atoms with Crippen LogP contribution in [-0.2, 0) is 16.0 Å². The summed E-state index contributed by atoms with van der Waals surface area (Å²) < 4.78 is 0.916. The standard InChI is InChI=1S/C18H16ClN3O2S/c19-13-6-7-14-15(11-13)25-18(21-14)22-16(23)8-9-20-17(24)10-12-4-2-1-3-5-12/h1-7,11H,8-10H2,(H,20,24)(H,21,22,23). The summed E-state index contributed by atoms with van der Waals surface area (Å²) in [5.41, 5.74) is 1.73. The van der Waals surface area contributed by atoms with Crippen molar-refractivity contribution in [2.75, 3.05) is 11.9 Å². The van der Waals surface area contributed by atoms with E-state index in [9.17, 15) is 9.59 Å². The summed E-state index contributed by atoms with van der Waals surface area (Å²) in [7, 11) is 0. The van der Waals surface area contributed by atoms with Crippen molar-refractivity contribution in [3.05, 3.63) is 59.1 Å². The third-order valence-electron chi connectivity index (χ3n) is 3.48. The lowest BCUT2D eigenvalue weighted by atomic mass is 10.1. The van der Waals surface area contributed by atoms with Crippen LogP contribution in [0.25, 0.3) is 10.2 Å². The predicted molar refractivity (Wildman–Crippen MR) is 101 cm³/mol. The summed E-state index contributed by atoms with van der Waals surface area (Å²) in [5.74, 6) is -0.293. The van der Waals surface area contributed by atoms with Crippen molar-refractivity contribution in [1.29, 1.82) is 0 Å². The Morgan fingerprint density at radius 1 is 1.08 bits per heavy atom. The van der Waals surface area contributed by atoms with Gasteiger partial charge in [0.2, 0.25) is 11.8 Å². The van der Waals surface area contributed by atoms with Crippen LogP contribution in [0.2, 0.25) is 5.02 Å². The van der Waals surface area contributed by atoms with Gasteiger partial charge in [-0.15, -0.1) is 0 Å². The van der Waals surface area contributed by atoms with Crippen LogP contribution >= 0.6 is 22.9 Å². The van der Waals surface area contributed by atoms with Crippen LogP contribution in [0.1, 0.15) is 12.0 Å². The molecule has 2 amide bonds. The van der Waals surface area contributed by atoms with Crippen molar-refractivity contribution < 1.29 is 9.59 Å². The van der Waals surface area contributed by atoms with Crippen LogP contribution < -0.4 is 10.6 Å². The van der Waals surface area contributed by atoms with Crippen LogP contribution in [0.5, 0.6) is 0 Å². The molecule has 0 bridgehead atoms. The number of benzene rings is 2. The molecule has 25 heavy (non-hydrogen) atoms. The molecule has 2 aromatic carbocycles. The fraction of sp³-hybridized carbons (Fsp3) is 0.167. The highest BCUT2D eigenvalue weighted by molar-refractivity contribution is 7.22. The molecule has 7 heteroatoms. The summed E-state index contributed by atoms with van der Waals surface area (Å²) in [5, 5.41) is 6.66. The highest BCUT2D eigenvalue weighted by atomic mass is 35.5. The normalized spacial score (nSPS) is 10.6. The molecule has 0 fully saturated rings. The zero-order valence-corrected chi connectivity index (χ0v) is 14.9. The third kappa shape index (κ3) is 5.01. The quantitative estimate of drug-likeness (QED) is 0.693. The molecule has 0 aliphatic rings. The van der Waals surface area contributed by atoms with Gasteiger partial charge < -0.3 is 10.6 Å². The Hall–Kier alpha value is -2.44. The summed E-state index contributed by atoms with van der Waals surface area (Å²) in [6.45, 7) is 0.286. The van der Waals surface area contributed by atoms with Gasteiger partial charge in [0.1, 0.15) is 0 Å². The minimum absolute atomic E-state index is 0.103. The number of hydrogen-bond donors (Lipinski definition) is 2. The van der Waals surface area contributed by atoms with Gasteiger partial charge in [0, 0.05) is 18.0 Å². The number of thiazole rings is 1. The lowest BCUT2D eigenvalue weighted by Crippen LogP contribution is -2.28. The zero-order chi connectivity index (χ0) is 17.6. The Kier molecular flexibility index (Phi) is 5.63. The molecule has 2 N–H and O–H groups in total. The van der Waals surface area contributed by atoms with Crippen molar-refractivity contribution >= 4 is 50.1 Å². The average Bonchev–Trinajstić information content (AvgIpc) is 2.96. The minimum Gasteiger partial charge on any atom is -0.355 e. The number of anilines is 1. The summed E-state index contributed by atoms with van der Waals surface area (Å²) in [4.78, 5) is 28.1. The van der Waals surface area contributed by atoms with Gasteiger partial charge in [-0.25, -0.2) is 4.98 Å². The summed E-state index contributed by atoms with van der Waals surface area (Å²) >= 11 is 7.31. The van der Waals surface area contributed by atoms with E-state index in [1.807, 2.05) is 42.5 Å². The second-order valence-electron chi connectivity index (χ2n) is 5.44. The molecule has 0 radical (unpaired) electrons. The molecule has 0 saturated heterocycles. The van der Waals surface area contributed by atoms with Crippen LogP contribution in [0, 0.1) is 0 Å². The number of carbonyl (C=O) groups is 2. The van der Waals surface area contributed by atoms with Crippen LogP contribution in [-0.4, -0.2) is 23.3 Å². The van der Waals surface area contributed by atoms with Gasteiger partial charge in [-0.1, -0.05) is 53.3 Å². The average molecular weight is 374 g/mol. The molecule has 5 nitrogen and oxygen atoms in total. The molecule has 0 spiro atoms. The third-order valence-corrected chi connectivity index (χ3v) is 4.65. The molecule has 1 heterocycles. The second-order valence-corrected chi connectivity index (χ2v) is 6.91. The van der Waals surface area contributed by atoms with Gasteiger partial charge in [0.25, 0.3) is 0 Å². The van der Waals surface area contributed by atoms with E-state index >= 15 is 0 Å². The number of fused-ring (bicyclic) bond motifs is 1. The molecule has 0 atom stereocenters. The molecule has 3 rings (SSSR count). The lowest BCUT2D eigenvalue weighted by molar-refractivity contribution is -0.120. The van der Waals surface area contributed by atoms with E-state index in [0.717, 1.165) is 15.8 Å². The molecule has 0 saturated carbocycles. The maximum absolute atomic E-state index is 12.0.